The molecule has 70 valence electrons. The van der Waals surface area contributed by atoms with Crippen LogP contribution in [-0.4, -0.2) is 17.8 Å². The molecule has 2 nitrogen and oxygen atoms in total. The van der Waals surface area contributed by atoms with Crippen molar-refractivity contribution < 1.29 is 9.50 Å². The molecule has 0 fully saturated rings. The van der Waals surface area contributed by atoms with Gasteiger partial charge in [-0.15, -0.1) is 0 Å². The third-order valence-electron chi connectivity index (χ3n) is 2.33. The molecule has 0 amide bonds. The Labute approximate surface area is 76.4 Å². The molecule has 0 saturated heterocycles. The van der Waals surface area contributed by atoms with Gasteiger partial charge in [-0.3, -0.25) is 0 Å². The zero-order chi connectivity index (χ0) is 9.26. The van der Waals surface area contributed by atoms with Crippen LogP contribution in [0.3, 0.4) is 0 Å². The minimum Gasteiger partial charge on any atom is -0.506 e. The van der Waals surface area contributed by atoms with Crippen molar-refractivity contribution in [2.75, 3.05) is 11.9 Å². The molecule has 2 N–H and O–H groups in total. The SMILES string of the molecule is Oc1cccc2c1NCCC(F)C2. The fourth-order valence-electron chi connectivity index (χ4n) is 1.66. The van der Waals surface area contributed by atoms with Crippen LogP contribution in [0.15, 0.2) is 18.2 Å². The Balaban J connectivity index is 2.39. The van der Waals surface area contributed by atoms with Gasteiger partial charge in [0.1, 0.15) is 11.9 Å². The van der Waals surface area contributed by atoms with Gasteiger partial charge < -0.3 is 10.4 Å². The summed E-state index contributed by atoms with van der Waals surface area (Å²) in [5.74, 6) is 0.214. The lowest BCUT2D eigenvalue weighted by molar-refractivity contribution is 0.323. The van der Waals surface area contributed by atoms with E-state index < -0.39 is 6.17 Å². The summed E-state index contributed by atoms with van der Waals surface area (Å²) < 4.78 is 13.1. The summed E-state index contributed by atoms with van der Waals surface area (Å²) in [6.45, 7) is 0.589. The van der Waals surface area contributed by atoms with E-state index in [0.29, 0.717) is 25.1 Å². The first-order chi connectivity index (χ1) is 6.27. The smallest absolute Gasteiger partial charge is 0.138 e. The zero-order valence-corrected chi connectivity index (χ0v) is 7.26. The first-order valence-electron chi connectivity index (χ1n) is 4.46. The van der Waals surface area contributed by atoms with E-state index in [9.17, 15) is 9.50 Å². The number of fused-ring (bicyclic) bond motifs is 1. The number of anilines is 1. The Hall–Kier alpha value is -1.25. The molecule has 0 radical (unpaired) electrons. The molecule has 1 unspecified atom stereocenters. The number of alkyl halides is 1. The number of aromatic hydroxyl groups is 1. The molecule has 0 aliphatic carbocycles. The molecule has 0 spiro atoms. The van der Waals surface area contributed by atoms with E-state index in [2.05, 4.69) is 5.32 Å². The summed E-state index contributed by atoms with van der Waals surface area (Å²) in [6.07, 6.45) is 0.112. The Morgan fingerprint density at radius 2 is 2.31 bits per heavy atom. The van der Waals surface area contributed by atoms with Crippen molar-refractivity contribution in [3.8, 4) is 5.75 Å². The zero-order valence-electron chi connectivity index (χ0n) is 7.26. The molecular formula is C10H12FNO. The maximum atomic E-state index is 13.1. The third kappa shape index (κ3) is 1.59. The van der Waals surface area contributed by atoms with Gasteiger partial charge in [-0.25, -0.2) is 4.39 Å². The second-order valence-electron chi connectivity index (χ2n) is 3.33. The molecule has 1 aliphatic rings. The van der Waals surface area contributed by atoms with E-state index in [0.717, 1.165) is 5.56 Å². The molecule has 1 aromatic carbocycles. The largest absolute Gasteiger partial charge is 0.506 e. The molecule has 0 aromatic heterocycles. The first kappa shape index (κ1) is 8.35. The molecule has 1 heterocycles. The van der Waals surface area contributed by atoms with Crippen molar-refractivity contribution >= 4 is 5.69 Å². The molecule has 1 aromatic rings. The molecule has 0 bridgehead atoms. The minimum atomic E-state index is -0.796. The monoisotopic (exact) mass is 181 g/mol. The van der Waals surface area contributed by atoms with Crippen molar-refractivity contribution in [3.63, 3.8) is 0 Å². The van der Waals surface area contributed by atoms with Crippen LogP contribution in [0, 0.1) is 0 Å². The quantitative estimate of drug-likeness (QED) is 0.601. The summed E-state index contributed by atoms with van der Waals surface area (Å²) in [4.78, 5) is 0. The highest BCUT2D eigenvalue weighted by atomic mass is 19.1. The van der Waals surface area contributed by atoms with Crippen LogP contribution in [0.1, 0.15) is 12.0 Å². The lowest BCUT2D eigenvalue weighted by Crippen LogP contribution is -2.05. The van der Waals surface area contributed by atoms with Gasteiger partial charge in [0.15, 0.2) is 0 Å². The van der Waals surface area contributed by atoms with E-state index in [-0.39, 0.29) is 5.75 Å². The van der Waals surface area contributed by atoms with Crippen molar-refractivity contribution in [3.05, 3.63) is 23.8 Å². The van der Waals surface area contributed by atoms with Crippen LogP contribution in [0.2, 0.25) is 0 Å². The number of rotatable bonds is 0. The van der Waals surface area contributed by atoms with Crippen LogP contribution in [0.25, 0.3) is 0 Å². The summed E-state index contributed by atoms with van der Waals surface area (Å²) >= 11 is 0. The van der Waals surface area contributed by atoms with E-state index in [1.807, 2.05) is 6.07 Å². The molecule has 3 heteroatoms. The average molecular weight is 181 g/mol. The topological polar surface area (TPSA) is 32.3 Å². The lowest BCUT2D eigenvalue weighted by atomic mass is 10.1. The molecule has 2 rings (SSSR count). The van der Waals surface area contributed by atoms with E-state index in [1.54, 1.807) is 12.1 Å². The summed E-state index contributed by atoms with van der Waals surface area (Å²) in [7, 11) is 0. The van der Waals surface area contributed by atoms with Gasteiger partial charge in [0.05, 0.1) is 5.69 Å². The van der Waals surface area contributed by atoms with Crippen LogP contribution in [0.5, 0.6) is 5.75 Å². The normalized spacial score (nSPS) is 21.5. The minimum absolute atomic E-state index is 0.214. The van der Waals surface area contributed by atoms with Crippen LogP contribution in [-0.2, 0) is 6.42 Å². The molecule has 0 saturated carbocycles. The number of halogens is 1. The number of nitrogens with one attached hydrogen (secondary N) is 1. The third-order valence-corrected chi connectivity index (χ3v) is 2.33. The van der Waals surface area contributed by atoms with Gasteiger partial charge in [0.2, 0.25) is 0 Å². The summed E-state index contributed by atoms with van der Waals surface area (Å²) in [6, 6.07) is 5.21. The lowest BCUT2D eigenvalue weighted by Gasteiger charge is -2.08. The van der Waals surface area contributed by atoms with Crippen LogP contribution in [0.4, 0.5) is 10.1 Å². The maximum absolute atomic E-state index is 13.1. The fourth-order valence-corrected chi connectivity index (χ4v) is 1.66. The number of hydrogen-bond donors (Lipinski definition) is 2. The number of benzene rings is 1. The van der Waals surface area contributed by atoms with Crippen molar-refractivity contribution in [2.45, 2.75) is 19.0 Å². The Kier molecular flexibility index (Phi) is 2.08. The molecule has 13 heavy (non-hydrogen) atoms. The predicted molar refractivity (Wildman–Crippen MR) is 49.8 cm³/mol. The van der Waals surface area contributed by atoms with Crippen molar-refractivity contribution in [1.29, 1.82) is 0 Å². The van der Waals surface area contributed by atoms with Crippen LogP contribution >= 0.6 is 0 Å². The van der Waals surface area contributed by atoms with Gasteiger partial charge >= 0.3 is 0 Å². The standard InChI is InChI=1S/C10H12FNO/c11-8-4-5-12-10-7(6-8)2-1-3-9(10)13/h1-3,8,12-13H,4-6H2. The average Bonchev–Trinajstić information content (AvgIpc) is 2.27. The summed E-state index contributed by atoms with van der Waals surface area (Å²) in [5.41, 5.74) is 1.56. The van der Waals surface area contributed by atoms with Gasteiger partial charge in [-0.1, -0.05) is 12.1 Å². The van der Waals surface area contributed by atoms with Gasteiger partial charge in [-0.05, 0) is 18.1 Å². The van der Waals surface area contributed by atoms with Gasteiger partial charge in [0.25, 0.3) is 0 Å². The maximum Gasteiger partial charge on any atom is 0.138 e. The van der Waals surface area contributed by atoms with E-state index in [4.69, 9.17) is 0 Å². The second kappa shape index (κ2) is 3.24. The molecule has 1 aliphatic heterocycles. The summed E-state index contributed by atoms with van der Waals surface area (Å²) in [5, 5.41) is 12.5. The van der Waals surface area contributed by atoms with E-state index >= 15 is 0 Å². The molecule has 1 atom stereocenters. The predicted octanol–water partition coefficient (Wildman–Crippen LogP) is 2.09. The van der Waals surface area contributed by atoms with Crippen molar-refractivity contribution in [1.82, 2.24) is 0 Å². The van der Waals surface area contributed by atoms with E-state index in [1.165, 1.54) is 0 Å². The Morgan fingerprint density at radius 3 is 3.15 bits per heavy atom. The van der Waals surface area contributed by atoms with Crippen molar-refractivity contribution in [2.24, 2.45) is 0 Å². The Morgan fingerprint density at radius 1 is 1.46 bits per heavy atom. The second-order valence-corrected chi connectivity index (χ2v) is 3.33. The number of phenols is 1. The molecular weight excluding hydrogens is 169 g/mol. The highest BCUT2D eigenvalue weighted by Gasteiger charge is 2.16. The fraction of sp³-hybridized carbons (Fsp3) is 0.400. The highest BCUT2D eigenvalue weighted by molar-refractivity contribution is 5.62. The number of para-hydroxylation sites is 1. The number of phenolic OH excluding ortho intramolecular Hbond substituents is 1. The Bertz CT molecular complexity index is 314. The van der Waals surface area contributed by atoms with Gasteiger partial charge in [-0.2, -0.15) is 0 Å². The number of hydrogen-bond acceptors (Lipinski definition) is 2. The highest BCUT2D eigenvalue weighted by Crippen LogP contribution is 2.30. The van der Waals surface area contributed by atoms with Crippen LogP contribution < -0.4 is 5.32 Å². The van der Waals surface area contributed by atoms with Gasteiger partial charge in [0, 0.05) is 13.0 Å². The first-order valence-corrected chi connectivity index (χ1v) is 4.46.